The van der Waals surface area contributed by atoms with Gasteiger partial charge in [-0.2, -0.15) is 0 Å². The fourth-order valence-electron chi connectivity index (χ4n) is 3.11. The molecule has 1 atom stereocenters. The van der Waals surface area contributed by atoms with Crippen molar-refractivity contribution >= 4 is 5.96 Å². The van der Waals surface area contributed by atoms with E-state index in [1.165, 1.54) is 31.2 Å². The predicted octanol–water partition coefficient (Wildman–Crippen LogP) is 2.90. The van der Waals surface area contributed by atoms with Gasteiger partial charge < -0.3 is 15.7 Å². The van der Waals surface area contributed by atoms with Crippen LogP contribution in [0.25, 0.3) is 0 Å². The molecule has 0 aromatic heterocycles. The summed E-state index contributed by atoms with van der Waals surface area (Å²) in [6, 6.07) is 11.4. The molecular formula is C19H31N3O. The van der Waals surface area contributed by atoms with Gasteiger partial charge in [0.2, 0.25) is 0 Å². The molecule has 0 bridgehead atoms. The minimum Gasteiger partial charge on any atom is -0.396 e. The van der Waals surface area contributed by atoms with Crippen molar-refractivity contribution in [1.29, 1.82) is 0 Å². The molecule has 1 aromatic carbocycles. The lowest BCUT2D eigenvalue weighted by Crippen LogP contribution is -2.45. The van der Waals surface area contributed by atoms with Gasteiger partial charge in [0.25, 0.3) is 0 Å². The zero-order chi connectivity index (χ0) is 16.5. The number of guanidine groups is 1. The van der Waals surface area contributed by atoms with Gasteiger partial charge in [-0.25, -0.2) is 0 Å². The van der Waals surface area contributed by atoms with Crippen LogP contribution in [0, 0.1) is 5.92 Å². The van der Waals surface area contributed by atoms with E-state index in [0.29, 0.717) is 18.5 Å². The molecule has 4 heteroatoms. The van der Waals surface area contributed by atoms with Crippen LogP contribution in [-0.2, 0) is 0 Å². The molecule has 2 rings (SSSR count). The van der Waals surface area contributed by atoms with Crippen molar-refractivity contribution in [2.45, 2.75) is 51.5 Å². The largest absolute Gasteiger partial charge is 0.396 e. The van der Waals surface area contributed by atoms with Gasteiger partial charge >= 0.3 is 0 Å². The van der Waals surface area contributed by atoms with Crippen LogP contribution in [0.1, 0.15) is 51.0 Å². The molecule has 23 heavy (non-hydrogen) atoms. The van der Waals surface area contributed by atoms with Crippen molar-refractivity contribution in [2.24, 2.45) is 10.9 Å². The lowest BCUT2D eigenvalue weighted by molar-refractivity contribution is 0.241. The van der Waals surface area contributed by atoms with Crippen molar-refractivity contribution in [3.05, 3.63) is 35.9 Å². The van der Waals surface area contributed by atoms with E-state index < -0.39 is 0 Å². The highest BCUT2D eigenvalue weighted by molar-refractivity contribution is 5.80. The second-order valence-electron chi connectivity index (χ2n) is 6.61. The van der Waals surface area contributed by atoms with Gasteiger partial charge in [0.05, 0.1) is 0 Å². The Labute approximate surface area is 140 Å². The first kappa shape index (κ1) is 17.8. The van der Waals surface area contributed by atoms with Gasteiger partial charge in [-0.05, 0) is 50.0 Å². The maximum Gasteiger partial charge on any atom is 0.191 e. The monoisotopic (exact) mass is 317 g/mol. The molecule has 0 amide bonds. The molecule has 3 N–H and O–H groups in total. The number of hydrogen-bond donors (Lipinski definition) is 3. The highest BCUT2D eigenvalue weighted by Gasteiger charge is 2.22. The summed E-state index contributed by atoms with van der Waals surface area (Å²) >= 11 is 0. The molecule has 1 unspecified atom stereocenters. The maximum absolute atomic E-state index is 9.13. The van der Waals surface area contributed by atoms with E-state index in [4.69, 9.17) is 5.11 Å². The van der Waals surface area contributed by atoms with Crippen molar-refractivity contribution in [3.8, 4) is 0 Å². The van der Waals surface area contributed by atoms with E-state index in [1.807, 2.05) is 6.92 Å². The fourth-order valence-corrected chi connectivity index (χ4v) is 3.11. The summed E-state index contributed by atoms with van der Waals surface area (Å²) in [5, 5.41) is 16.0. The smallest absolute Gasteiger partial charge is 0.191 e. The molecular weight excluding hydrogens is 286 g/mol. The lowest BCUT2D eigenvalue weighted by atomic mass is 9.82. The Morgan fingerprint density at radius 3 is 2.52 bits per heavy atom. The number of aliphatic imine (C=N–C) groups is 1. The van der Waals surface area contributed by atoms with Crippen LogP contribution in [0.3, 0.4) is 0 Å². The molecule has 1 aromatic rings. The molecule has 0 spiro atoms. The van der Waals surface area contributed by atoms with E-state index in [2.05, 4.69) is 52.9 Å². The zero-order valence-electron chi connectivity index (χ0n) is 14.5. The summed E-state index contributed by atoms with van der Waals surface area (Å²) in [6.45, 7) is 5.80. The third-order valence-corrected chi connectivity index (χ3v) is 4.56. The molecule has 128 valence electrons. The number of rotatable bonds is 6. The number of nitrogens with one attached hydrogen (secondary N) is 2. The van der Waals surface area contributed by atoms with Crippen LogP contribution in [-0.4, -0.2) is 36.8 Å². The predicted molar refractivity (Wildman–Crippen MR) is 96.8 cm³/mol. The van der Waals surface area contributed by atoms with Gasteiger partial charge in [-0.15, -0.1) is 0 Å². The Morgan fingerprint density at radius 1 is 1.22 bits per heavy atom. The first-order valence-corrected chi connectivity index (χ1v) is 8.93. The quantitative estimate of drug-likeness (QED) is 0.558. The molecule has 4 nitrogen and oxygen atoms in total. The van der Waals surface area contributed by atoms with Crippen molar-refractivity contribution in [3.63, 3.8) is 0 Å². The minimum atomic E-state index is 0.186. The Balaban J connectivity index is 1.83. The van der Waals surface area contributed by atoms with Crippen molar-refractivity contribution in [1.82, 2.24) is 10.6 Å². The third kappa shape index (κ3) is 5.87. The second kappa shape index (κ2) is 9.56. The molecule has 0 saturated heterocycles. The van der Waals surface area contributed by atoms with Gasteiger partial charge in [0, 0.05) is 25.7 Å². The average molecular weight is 317 g/mol. The van der Waals surface area contributed by atoms with Crippen LogP contribution in [0.5, 0.6) is 0 Å². The van der Waals surface area contributed by atoms with E-state index in [9.17, 15) is 0 Å². The van der Waals surface area contributed by atoms with Crippen molar-refractivity contribution in [2.75, 3.05) is 19.7 Å². The van der Waals surface area contributed by atoms with Gasteiger partial charge in [-0.1, -0.05) is 37.3 Å². The van der Waals surface area contributed by atoms with Crippen LogP contribution in [0.4, 0.5) is 0 Å². The number of aliphatic hydroxyl groups is 1. The summed E-state index contributed by atoms with van der Waals surface area (Å²) < 4.78 is 0. The lowest BCUT2D eigenvalue weighted by Gasteiger charge is -2.30. The Morgan fingerprint density at radius 2 is 1.91 bits per heavy atom. The molecule has 1 aliphatic carbocycles. The first-order chi connectivity index (χ1) is 11.2. The summed E-state index contributed by atoms with van der Waals surface area (Å²) in [7, 11) is 0. The fraction of sp³-hybridized carbons (Fsp3) is 0.632. The van der Waals surface area contributed by atoms with Crippen LogP contribution < -0.4 is 10.6 Å². The van der Waals surface area contributed by atoms with Crippen LogP contribution in [0.2, 0.25) is 0 Å². The summed E-state index contributed by atoms with van der Waals surface area (Å²) in [5.41, 5.74) is 1.48. The molecule has 1 fully saturated rings. The Kier molecular flexibility index (Phi) is 7.40. The number of benzene rings is 1. The van der Waals surface area contributed by atoms with Gasteiger partial charge in [0.1, 0.15) is 0 Å². The molecule has 0 aliphatic heterocycles. The number of aliphatic hydroxyl groups excluding tert-OH is 1. The van der Waals surface area contributed by atoms with Gasteiger partial charge in [0.15, 0.2) is 5.96 Å². The number of hydrogen-bond acceptors (Lipinski definition) is 2. The van der Waals surface area contributed by atoms with Gasteiger partial charge in [-0.3, -0.25) is 4.99 Å². The standard InChI is InChI=1S/C19H31N3O/c1-3-20-19(21-13-15(2)14-23)22-18-11-9-17(10-12-18)16-7-5-4-6-8-16/h4-8,15,17-18,23H,3,9-14H2,1-2H3,(H2,20,21,22). The molecule has 1 aliphatic rings. The van der Waals surface area contributed by atoms with E-state index >= 15 is 0 Å². The second-order valence-corrected chi connectivity index (χ2v) is 6.61. The zero-order valence-corrected chi connectivity index (χ0v) is 14.5. The maximum atomic E-state index is 9.13. The van der Waals surface area contributed by atoms with E-state index in [1.54, 1.807) is 0 Å². The topological polar surface area (TPSA) is 56.7 Å². The molecule has 1 saturated carbocycles. The Bertz CT molecular complexity index is 467. The van der Waals surface area contributed by atoms with E-state index in [0.717, 1.165) is 12.5 Å². The molecule has 0 radical (unpaired) electrons. The van der Waals surface area contributed by atoms with Crippen LogP contribution >= 0.6 is 0 Å². The minimum absolute atomic E-state index is 0.186. The third-order valence-electron chi connectivity index (χ3n) is 4.56. The summed E-state index contributed by atoms with van der Waals surface area (Å²) in [5.74, 6) is 1.79. The highest BCUT2D eigenvalue weighted by atomic mass is 16.3. The SMILES string of the molecule is CCNC(=NCC(C)CO)NC1CCC(c2ccccc2)CC1. The Hall–Kier alpha value is -1.55. The normalized spacial score (nSPS) is 23.3. The van der Waals surface area contributed by atoms with Crippen LogP contribution in [0.15, 0.2) is 35.3 Å². The van der Waals surface area contributed by atoms with Crippen molar-refractivity contribution < 1.29 is 5.11 Å². The first-order valence-electron chi connectivity index (χ1n) is 8.93. The highest BCUT2D eigenvalue weighted by Crippen LogP contribution is 2.32. The average Bonchev–Trinajstić information content (AvgIpc) is 2.61. The molecule has 0 heterocycles. The summed E-state index contributed by atoms with van der Waals surface area (Å²) in [6.07, 6.45) is 4.82. The van der Waals surface area contributed by atoms with E-state index in [-0.39, 0.29) is 12.5 Å². The number of nitrogens with zero attached hydrogens (tertiary/aromatic N) is 1. The summed E-state index contributed by atoms with van der Waals surface area (Å²) in [4.78, 5) is 4.59.